The van der Waals surface area contributed by atoms with Gasteiger partial charge in [-0.25, -0.2) is 0 Å². The largest absolute Gasteiger partial charge is 0.342 e. The fourth-order valence-corrected chi connectivity index (χ4v) is 3.86. The molecule has 1 aliphatic rings. The molecule has 1 aromatic rings. The van der Waals surface area contributed by atoms with Gasteiger partial charge in [0.25, 0.3) is 0 Å². The number of carbonyl (C=O) groups excluding carboxylic acids is 2. The van der Waals surface area contributed by atoms with Crippen molar-refractivity contribution in [2.24, 2.45) is 5.92 Å². The average Bonchev–Trinajstić information content (AvgIpc) is 2.39. The van der Waals surface area contributed by atoms with Gasteiger partial charge in [0.15, 0.2) is 0 Å². The van der Waals surface area contributed by atoms with Crippen LogP contribution in [0.5, 0.6) is 0 Å². The first kappa shape index (κ1) is 16.5. The van der Waals surface area contributed by atoms with Gasteiger partial charge in [-0.05, 0) is 63.3 Å². The summed E-state index contributed by atoms with van der Waals surface area (Å²) in [4.78, 5) is 26.6. The van der Waals surface area contributed by atoms with E-state index in [1.165, 1.54) is 0 Å². The molecule has 2 unspecified atom stereocenters. The summed E-state index contributed by atoms with van der Waals surface area (Å²) in [7, 11) is 0. The minimum Gasteiger partial charge on any atom is -0.342 e. The zero-order valence-electron chi connectivity index (χ0n) is 12.2. The van der Waals surface area contributed by atoms with E-state index in [1.807, 2.05) is 32.0 Å². The second-order valence-electron chi connectivity index (χ2n) is 5.65. The molecule has 1 aromatic carbocycles. The molecule has 0 aromatic heterocycles. The first-order valence-electron chi connectivity index (χ1n) is 6.90. The van der Waals surface area contributed by atoms with Crippen molar-refractivity contribution >= 4 is 49.4 Å². The zero-order valence-corrected chi connectivity index (χ0v) is 15.4. The molecule has 0 saturated carbocycles. The lowest BCUT2D eigenvalue weighted by molar-refractivity contribution is -0.133. The van der Waals surface area contributed by atoms with Crippen LogP contribution >= 0.6 is 31.9 Å². The van der Waals surface area contributed by atoms with Gasteiger partial charge in [0.1, 0.15) is 12.1 Å². The van der Waals surface area contributed by atoms with Gasteiger partial charge in [-0.2, -0.15) is 0 Å². The van der Waals surface area contributed by atoms with Crippen molar-refractivity contribution in [2.45, 2.75) is 39.3 Å². The molecule has 0 radical (unpaired) electrons. The number of piperazine rings is 1. The fraction of sp³-hybridized carbons (Fsp3) is 0.467. The zero-order chi connectivity index (χ0) is 15.7. The van der Waals surface area contributed by atoms with Gasteiger partial charge in [0, 0.05) is 8.95 Å². The van der Waals surface area contributed by atoms with Gasteiger partial charge >= 0.3 is 0 Å². The summed E-state index contributed by atoms with van der Waals surface area (Å²) in [6, 6.07) is 4.61. The smallest absolute Gasteiger partial charge is 0.250 e. The summed E-state index contributed by atoms with van der Waals surface area (Å²) in [6.45, 7) is 5.82. The number of para-hydroxylation sites is 1. The lowest BCUT2D eigenvalue weighted by Gasteiger charge is -2.38. The standard InChI is InChI=1S/C15H18Br2N2O2/c1-8(2)7-12-15(21)19(9(3)14(20)18-12)13-10(16)5-4-6-11(13)17/h4-6,8-9,12H,7H2,1-3H3,(H,18,20). The molecular formula is C15H18Br2N2O2. The summed E-state index contributed by atoms with van der Waals surface area (Å²) in [5, 5.41) is 2.83. The van der Waals surface area contributed by atoms with E-state index in [0.717, 1.165) is 8.95 Å². The minimum atomic E-state index is -0.532. The van der Waals surface area contributed by atoms with Crippen LogP contribution in [0.3, 0.4) is 0 Å². The molecule has 0 aliphatic carbocycles. The van der Waals surface area contributed by atoms with E-state index in [0.29, 0.717) is 18.0 Å². The molecule has 21 heavy (non-hydrogen) atoms. The number of hydrogen-bond acceptors (Lipinski definition) is 2. The Hall–Kier alpha value is -0.880. The van der Waals surface area contributed by atoms with E-state index in [4.69, 9.17) is 0 Å². The molecule has 1 N–H and O–H groups in total. The van der Waals surface area contributed by atoms with Crippen molar-refractivity contribution in [3.05, 3.63) is 27.1 Å². The Morgan fingerprint density at radius 2 is 1.81 bits per heavy atom. The summed E-state index contributed by atoms with van der Waals surface area (Å²) in [5.74, 6) is 0.142. The molecule has 4 nitrogen and oxygen atoms in total. The van der Waals surface area contributed by atoms with E-state index in [9.17, 15) is 9.59 Å². The van der Waals surface area contributed by atoms with Gasteiger partial charge in [-0.3, -0.25) is 14.5 Å². The van der Waals surface area contributed by atoms with Crippen LogP contribution in [-0.2, 0) is 9.59 Å². The lowest BCUT2D eigenvalue weighted by atomic mass is 9.98. The summed E-state index contributed by atoms with van der Waals surface area (Å²) < 4.78 is 1.57. The van der Waals surface area contributed by atoms with Crippen LogP contribution in [0, 0.1) is 5.92 Å². The number of halogens is 2. The highest BCUT2D eigenvalue weighted by atomic mass is 79.9. The Morgan fingerprint density at radius 1 is 1.24 bits per heavy atom. The highest BCUT2D eigenvalue weighted by molar-refractivity contribution is 9.11. The van der Waals surface area contributed by atoms with Crippen LogP contribution in [0.1, 0.15) is 27.2 Å². The van der Waals surface area contributed by atoms with Crippen LogP contribution in [0.25, 0.3) is 0 Å². The van der Waals surface area contributed by atoms with E-state index >= 15 is 0 Å². The molecule has 1 aliphatic heterocycles. The quantitative estimate of drug-likeness (QED) is 0.818. The average molecular weight is 418 g/mol. The molecule has 1 heterocycles. The van der Waals surface area contributed by atoms with Gasteiger partial charge in [0.05, 0.1) is 5.69 Å². The third kappa shape index (κ3) is 3.31. The van der Waals surface area contributed by atoms with Gasteiger partial charge < -0.3 is 5.32 Å². The molecule has 0 bridgehead atoms. The predicted octanol–water partition coefficient (Wildman–Crippen LogP) is 3.48. The van der Waals surface area contributed by atoms with Crippen molar-refractivity contribution in [1.29, 1.82) is 0 Å². The summed E-state index contributed by atoms with van der Waals surface area (Å²) in [5.41, 5.74) is 0.707. The molecule has 2 atom stereocenters. The Kier molecular flexibility index (Phi) is 5.09. The first-order chi connectivity index (χ1) is 9.82. The number of rotatable bonds is 3. The molecule has 2 rings (SSSR count). The van der Waals surface area contributed by atoms with Crippen LogP contribution in [0.2, 0.25) is 0 Å². The number of amides is 2. The van der Waals surface area contributed by atoms with Gasteiger partial charge in [-0.15, -0.1) is 0 Å². The number of nitrogens with zero attached hydrogens (tertiary/aromatic N) is 1. The van der Waals surface area contributed by atoms with Crippen molar-refractivity contribution in [3.8, 4) is 0 Å². The highest BCUT2D eigenvalue weighted by Gasteiger charge is 2.40. The van der Waals surface area contributed by atoms with E-state index in [-0.39, 0.29) is 11.8 Å². The lowest BCUT2D eigenvalue weighted by Crippen LogP contribution is -2.63. The van der Waals surface area contributed by atoms with Crippen LogP contribution in [0.4, 0.5) is 5.69 Å². The second-order valence-corrected chi connectivity index (χ2v) is 7.35. The summed E-state index contributed by atoms with van der Waals surface area (Å²) in [6.07, 6.45) is 0.635. The molecule has 1 fully saturated rings. The number of anilines is 1. The third-order valence-electron chi connectivity index (χ3n) is 3.50. The van der Waals surface area contributed by atoms with E-state index in [1.54, 1.807) is 11.8 Å². The van der Waals surface area contributed by atoms with Crippen LogP contribution < -0.4 is 10.2 Å². The van der Waals surface area contributed by atoms with Crippen molar-refractivity contribution in [3.63, 3.8) is 0 Å². The molecule has 114 valence electrons. The second kappa shape index (κ2) is 6.48. The Labute approximate surface area is 141 Å². The van der Waals surface area contributed by atoms with Gasteiger partial charge in [-0.1, -0.05) is 19.9 Å². The van der Waals surface area contributed by atoms with Crippen molar-refractivity contribution in [2.75, 3.05) is 4.90 Å². The fourth-order valence-electron chi connectivity index (χ4n) is 2.48. The predicted molar refractivity (Wildman–Crippen MR) is 90.2 cm³/mol. The number of benzene rings is 1. The van der Waals surface area contributed by atoms with E-state index in [2.05, 4.69) is 37.2 Å². The maximum Gasteiger partial charge on any atom is 0.250 e. The van der Waals surface area contributed by atoms with Crippen molar-refractivity contribution in [1.82, 2.24) is 5.32 Å². The topological polar surface area (TPSA) is 49.4 Å². The number of nitrogens with one attached hydrogen (secondary N) is 1. The number of hydrogen-bond donors (Lipinski definition) is 1. The maximum absolute atomic E-state index is 12.8. The third-order valence-corrected chi connectivity index (χ3v) is 4.78. The Morgan fingerprint density at radius 3 is 2.33 bits per heavy atom. The normalized spacial score (nSPS) is 22.7. The highest BCUT2D eigenvalue weighted by Crippen LogP contribution is 2.36. The van der Waals surface area contributed by atoms with Crippen LogP contribution in [-0.4, -0.2) is 23.9 Å². The van der Waals surface area contributed by atoms with E-state index < -0.39 is 12.1 Å². The van der Waals surface area contributed by atoms with Gasteiger partial charge in [0.2, 0.25) is 11.8 Å². The first-order valence-corrected chi connectivity index (χ1v) is 8.49. The Balaban J connectivity index is 2.44. The number of carbonyl (C=O) groups is 2. The molecule has 2 amide bonds. The summed E-state index contributed by atoms with van der Waals surface area (Å²) >= 11 is 6.95. The molecule has 6 heteroatoms. The van der Waals surface area contributed by atoms with Crippen LogP contribution in [0.15, 0.2) is 27.1 Å². The maximum atomic E-state index is 12.8. The molecule has 1 saturated heterocycles. The minimum absolute atomic E-state index is 0.0663. The Bertz CT molecular complexity index is 555. The van der Waals surface area contributed by atoms with Crippen molar-refractivity contribution < 1.29 is 9.59 Å². The molecular weight excluding hydrogens is 400 g/mol. The molecule has 0 spiro atoms. The SMILES string of the molecule is CC(C)CC1NC(=O)C(C)N(c2c(Br)cccc2Br)C1=O. The monoisotopic (exact) mass is 416 g/mol.